The molecule has 0 saturated carbocycles. The molecule has 3 aromatic rings. The van der Waals surface area contributed by atoms with Crippen LogP contribution in [0.15, 0.2) is 48.8 Å². The van der Waals surface area contributed by atoms with Crippen LogP contribution in [-0.2, 0) is 18.9 Å². The number of rotatable bonds is 16. The summed E-state index contributed by atoms with van der Waals surface area (Å²) in [5.74, 6) is 0.201. The van der Waals surface area contributed by atoms with Crippen molar-refractivity contribution in [2.75, 3.05) is 31.7 Å². The maximum atomic E-state index is 12.8. The second-order valence-corrected chi connectivity index (χ2v) is 9.89. The number of hydrogen-bond donors (Lipinski definition) is 1. The minimum atomic E-state index is -0.414. The minimum Gasteiger partial charge on any atom is -0.379 e. The summed E-state index contributed by atoms with van der Waals surface area (Å²) >= 11 is 0. The molecule has 1 aliphatic heterocycles. The van der Waals surface area contributed by atoms with E-state index in [0.717, 1.165) is 44.2 Å². The number of benzene rings is 1. The van der Waals surface area contributed by atoms with Gasteiger partial charge in [0.15, 0.2) is 5.82 Å². The molecule has 0 radical (unpaired) electrons. The molecule has 1 N–H and O–H groups in total. The highest BCUT2D eigenvalue weighted by molar-refractivity contribution is 6.05. The molecule has 212 valence electrons. The first-order valence-corrected chi connectivity index (χ1v) is 14.3. The molecule has 3 heterocycles. The number of anilines is 1. The van der Waals surface area contributed by atoms with E-state index in [1.54, 1.807) is 16.6 Å². The molecule has 1 saturated heterocycles. The normalized spacial score (nSPS) is 21.0. The summed E-state index contributed by atoms with van der Waals surface area (Å²) in [5.41, 5.74) is 2.06. The second-order valence-electron chi connectivity index (χ2n) is 9.89. The first-order valence-electron chi connectivity index (χ1n) is 14.3. The Morgan fingerprint density at radius 3 is 2.33 bits per heavy atom. The van der Waals surface area contributed by atoms with Crippen LogP contribution < -0.4 is 5.32 Å². The van der Waals surface area contributed by atoms with Crippen LogP contribution in [-0.4, -0.2) is 65.2 Å². The Morgan fingerprint density at radius 2 is 1.62 bits per heavy atom. The van der Waals surface area contributed by atoms with Gasteiger partial charge in [-0.15, -0.1) is 0 Å². The third-order valence-electron chi connectivity index (χ3n) is 6.89. The lowest BCUT2D eigenvalue weighted by molar-refractivity contribution is -0.0795. The molecule has 1 fully saturated rings. The summed E-state index contributed by atoms with van der Waals surface area (Å²) in [4.78, 5) is 17.2. The predicted molar refractivity (Wildman–Crippen MR) is 150 cm³/mol. The molecule has 0 spiro atoms. The van der Waals surface area contributed by atoms with Crippen molar-refractivity contribution in [2.45, 2.75) is 83.7 Å². The summed E-state index contributed by atoms with van der Waals surface area (Å²) in [5, 5.41) is 7.44. The van der Waals surface area contributed by atoms with Gasteiger partial charge in [0.05, 0.1) is 12.3 Å². The van der Waals surface area contributed by atoms with Crippen LogP contribution in [0.1, 0.15) is 81.5 Å². The van der Waals surface area contributed by atoms with Gasteiger partial charge in [-0.25, -0.2) is 9.50 Å². The van der Waals surface area contributed by atoms with Gasteiger partial charge in [-0.05, 0) is 43.5 Å². The average Bonchev–Trinajstić information content (AvgIpc) is 3.54. The lowest BCUT2D eigenvalue weighted by atomic mass is 10.0. The Labute approximate surface area is 231 Å². The number of fused-ring (bicyclic) bond motifs is 1. The Kier molecular flexibility index (Phi) is 11.3. The lowest BCUT2D eigenvalue weighted by Gasteiger charge is -2.25. The smallest absolute Gasteiger partial charge is 0.256 e. The van der Waals surface area contributed by atoms with E-state index in [0.29, 0.717) is 43.3 Å². The van der Waals surface area contributed by atoms with Crippen molar-refractivity contribution in [3.8, 4) is 0 Å². The van der Waals surface area contributed by atoms with Gasteiger partial charge in [0.25, 0.3) is 5.91 Å². The van der Waals surface area contributed by atoms with E-state index >= 15 is 0 Å². The zero-order valence-corrected chi connectivity index (χ0v) is 23.4. The molecule has 4 rings (SSSR count). The van der Waals surface area contributed by atoms with Gasteiger partial charge in [0.1, 0.15) is 36.3 Å². The van der Waals surface area contributed by atoms with Crippen molar-refractivity contribution >= 4 is 17.2 Å². The fraction of sp³-hybridized carbons (Fsp3) is 0.567. The molecular formula is C30H42N4O5. The van der Waals surface area contributed by atoms with Crippen molar-refractivity contribution in [2.24, 2.45) is 0 Å². The Morgan fingerprint density at radius 1 is 0.923 bits per heavy atom. The van der Waals surface area contributed by atoms with Crippen LogP contribution in [0, 0.1) is 0 Å². The van der Waals surface area contributed by atoms with Gasteiger partial charge in [0, 0.05) is 25.4 Å². The molecule has 1 aliphatic rings. The molecule has 0 aliphatic carbocycles. The quantitative estimate of drug-likeness (QED) is 0.237. The zero-order chi connectivity index (χ0) is 27.5. The Hall–Kier alpha value is -2.85. The van der Waals surface area contributed by atoms with Crippen molar-refractivity contribution in [3.05, 3.63) is 60.0 Å². The highest BCUT2D eigenvalue weighted by atomic mass is 16.6. The topological polar surface area (TPSA) is 96.2 Å². The SMILES string of the molecule is CCCCOC[C@H]1O[C@@H](c2ccc3c(NC(=O)c4ccccc4)ncnn23)[C@H](OCCCC)[C@@H]1OCCCC. The van der Waals surface area contributed by atoms with E-state index < -0.39 is 6.10 Å². The number of amides is 1. The van der Waals surface area contributed by atoms with Crippen LogP contribution in [0.5, 0.6) is 0 Å². The van der Waals surface area contributed by atoms with E-state index in [1.807, 2.05) is 30.3 Å². The van der Waals surface area contributed by atoms with Gasteiger partial charge in [-0.2, -0.15) is 5.10 Å². The largest absolute Gasteiger partial charge is 0.379 e. The summed E-state index contributed by atoms with van der Waals surface area (Å²) in [6, 6.07) is 12.9. The van der Waals surface area contributed by atoms with Crippen LogP contribution in [0.2, 0.25) is 0 Å². The number of unbranched alkanes of at least 4 members (excludes halogenated alkanes) is 3. The van der Waals surface area contributed by atoms with Crippen LogP contribution in [0.25, 0.3) is 5.52 Å². The Bertz CT molecular complexity index is 1150. The standard InChI is InChI=1S/C30H42N4O5/c1-4-7-17-36-20-25-27(37-18-8-5-2)28(38-19-9-6-3)26(39-25)23-15-16-24-29(31-21-32-34(23)24)33-30(35)22-13-11-10-12-14-22/h10-16,21,25-28H,4-9,17-20H2,1-3H3,(H,31,32,33,35)/t25-,26+,27-,28+/m1/s1. The van der Waals surface area contributed by atoms with Crippen molar-refractivity contribution < 1.29 is 23.7 Å². The number of carbonyl (C=O) groups is 1. The molecule has 9 heteroatoms. The number of ether oxygens (including phenoxy) is 4. The van der Waals surface area contributed by atoms with Crippen molar-refractivity contribution in [3.63, 3.8) is 0 Å². The number of nitrogens with zero attached hydrogens (tertiary/aromatic N) is 3. The Balaban J connectivity index is 1.61. The third-order valence-corrected chi connectivity index (χ3v) is 6.89. The van der Waals surface area contributed by atoms with Gasteiger partial charge < -0.3 is 24.3 Å². The number of carbonyl (C=O) groups excluding carboxylic acids is 1. The van der Waals surface area contributed by atoms with Gasteiger partial charge >= 0.3 is 0 Å². The predicted octanol–water partition coefficient (Wildman–Crippen LogP) is 5.61. The molecule has 4 atom stereocenters. The van der Waals surface area contributed by atoms with Gasteiger partial charge in [0.2, 0.25) is 0 Å². The van der Waals surface area contributed by atoms with Crippen LogP contribution >= 0.6 is 0 Å². The van der Waals surface area contributed by atoms with Crippen LogP contribution in [0.3, 0.4) is 0 Å². The molecule has 1 aromatic carbocycles. The minimum absolute atomic E-state index is 0.231. The highest BCUT2D eigenvalue weighted by Crippen LogP contribution is 2.38. The lowest BCUT2D eigenvalue weighted by Crippen LogP contribution is -2.38. The van der Waals surface area contributed by atoms with Crippen molar-refractivity contribution in [1.82, 2.24) is 14.6 Å². The fourth-order valence-electron chi connectivity index (χ4n) is 4.69. The molecule has 1 amide bonds. The number of aromatic nitrogens is 3. The molecule has 0 unspecified atom stereocenters. The highest BCUT2D eigenvalue weighted by Gasteiger charge is 2.48. The first-order chi connectivity index (χ1) is 19.2. The van der Waals surface area contributed by atoms with E-state index in [4.69, 9.17) is 18.9 Å². The molecule has 0 bridgehead atoms. The van der Waals surface area contributed by atoms with Crippen LogP contribution in [0.4, 0.5) is 5.82 Å². The maximum absolute atomic E-state index is 12.8. The average molecular weight is 539 g/mol. The van der Waals surface area contributed by atoms with E-state index in [-0.39, 0.29) is 24.2 Å². The van der Waals surface area contributed by atoms with E-state index in [9.17, 15) is 4.79 Å². The van der Waals surface area contributed by atoms with Crippen molar-refractivity contribution in [1.29, 1.82) is 0 Å². The van der Waals surface area contributed by atoms with E-state index in [1.165, 1.54) is 6.33 Å². The number of hydrogen-bond acceptors (Lipinski definition) is 7. The van der Waals surface area contributed by atoms with Gasteiger partial charge in [-0.3, -0.25) is 4.79 Å². The summed E-state index contributed by atoms with van der Waals surface area (Å²) in [6.45, 7) is 8.84. The third kappa shape index (κ3) is 7.42. The fourth-order valence-corrected chi connectivity index (χ4v) is 4.69. The molecule has 39 heavy (non-hydrogen) atoms. The summed E-state index contributed by atoms with van der Waals surface area (Å²) in [6.07, 6.45) is 6.28. The molecule has 2 aromatic heterocycles. The van der Waals surface area contributed by atoms with E-state index in [2.05, 4.69) is 36.2 Å². The number of nitrogens with one attached hydrogen (secondary N) is 1. The molecule has 9 nitrogen and oxygen atoms in total. The zero-order valence-electron chi connectivity index (χ0n) is 23.4. The second kappa shape index (κ2) is 15.1. The molecular weight excluding hydrogens is 496 g/mol. The first kappa shape index (κ1) is 29.1. The summed E-state index contributed by atoms with van der Waals surface area (Å²) in [7, 11) is 0. The maximum Gasteiger partial charge on any atom is 0.256 e. The van der Waals surface area contributed by atoms with Gasteiger partial charge in [-0.1, -0.05) is 58.2 Å². The summed E-state index contributed by atoms with van der Waals surface area (Å²) < 4.78 is 27.2. The monoisotopic (exact) mass is 538 g/mol.